The average molecular weight is 400 g/mol. The molecular formula is C18H20Cl2FN3S. The predicted molar refractivity (Wildman–Crippen MR) is 110 cm³/mol. The SMILES string of the molecule is Cl.Cl.Nc1ccc(N)c(-c2cscc2CNCc2cccc(F)c2)c1. The Labute approximate surface area is 163 Å². The molecule has 0 atom stereocenters. The summed E-state index contributed by atoms with van der Waals surface area (Å²) in [7, 11) is 0. The number of halogens is 3. The molecule has 2 aromatic carbocycles. The van der Waals surface area contributed by atoms with Crippen molar-refractivity contribution in [2.24, 2.45) is 0 Å². The van der Waals surface area contributed by atoms with E-state index in [1.54, 1.807) is 23.5 Å². The molecule has 0 saturated heterocycles. The molecule has 0 radical (unpaired) electrons. The molecule has 0 amide bonds. The minimum absolute atomic E-state index is 0. The van der Waals surface area contributed by atoms with Crippen molar-refractivity contribution in [2.45, 2.75) is 13.1 Å². The van der Waals surface area contributed by atoms with Crippen LogP contribution >= 0.6 is 36.2 Å². The van der Waals surface area contributed by atoms with Crippen LogP contribution in [0.3, 0.4) is 0 Å². The van der Waals surface area contributed by atoms with Gasteiger partial charge in [-0.15, -0.1) is 24.8 Å². The van der Waals surface area contributed by atoms with Crippen molar-refractivity contribution < 1.29 is 4.39 Å². The molecule has 0 aliphatic heterocycles. The van der Waals surface area contributed by atoms with E-state index in [9.17, 15) is 4.39 Å². The molecule has 134 valence electrons. The van der Waals surface area contributed by atoms with Crippen LogP contribution in [0.2, 0.25) is 0 Å². The Morgan fingerprint density at radius 2 is 1.72 bits per heavy atom. The van der Waals surface area contributed by atoms with Crippen LogP contribution in [-0.2, 0) is 13.1 Å². The lowest BCUT2D eigenvalue weighted by Crippen LogP contribution is -2.13. The van der Waals surface area contributed by atoms with E-state index in [1.807, 2.05) is 18.2 Å². The molecular weight excluding hydrogens is 380 g/mol. The highest BCUT2D eigenvalue weighted by atomic mass is 35.5. The molecule has 3 rings (SSSR count). The quantitative estimate of drug-likeness (QED) is 0.537. The second kappa shape index (κ2) is 9.63. The standard InChI is InChI=1S/C18H18FN3S.2ClH/c19-14-3-1-2-12(6-14)8-22-9-13-10-23-11-17(13)16-7-15(20)4-5-18(16)21;;/h1-7,10-11,22H,8-9,20-21H2;2*1H. The zero-order valence-corrected chi connectivity index (χ0v) is 15.8. The summed E-state index contributed by atoms with van der Waals surface area (Å²) >= 11 is 1.63. The minimum atomic E-state index is -0.215. The zero-order valence-electron chi connectivity index (χ0n) is 13.4. The molecule has 3 aromatic rings. The molecule has 1 heterocycles. The van der Waals surface area contributed by atoms with Crippen LogP contribution < -0.4 is 16.8 Å². The average Bonchev–Trinajstić information content (AvgIpc) is 2.98. The van der Waals surface area contributed by atoms with Gasteiger partial charge in [-0.1, -0.05) is 12.1 Å². The van der Waals surface area contributed by atoms with E-state index in [0.717, 1.165) is 22.3 Å². The fourth-order valence-corrected chi connectivity index (χ4v) is 3.35. The number of nitrogens with two attached hydrogens (primary N) is 2. The van der Waals surface area contributed by atoms with Gasteiger partial charge in [0.15, 0.2) is 0 Å². The number of hydrogen-bond donors (Lipinski definition) is 3. The monoisotopic (exact) mass is 399 g/mol. The number of anilines is 2. The van der Waals surface area contributed by atoms with Crippen molar-refractivity contribution in [1.82, 2.24) is 5.32 Å². The van der Waals surface area contributed by atoms with E-state index in [2.05, 4.69) is 16.1 Å². The van der Waals surface area contributed by atoms with Crippen molar-refractivity contribution in [3.05, 3.63) is 70.2 Å². The minimum Gasteiger partial charge on any atom is -0.399 e. The number of nitrogen functional groups attached to an aromatic ring is 2. The van der Waals surface area contributed by atoms with Crippen LogP contribution in [0.15, 0.2) is 53.2 Å². The van der Waals surface area contributed by atoms with Gasteiger partial charge in [-0.25, -0.2) is 4.39 Å². The molecule has 0 fully saturated rings. The van der Waals surface area contributed by atoms with E-state index in [0.29, 0.717) is 24.5 Å². The Morgan fingerprint density at radius 1 is 0.920 bits per heavy atom. The first-order chi connectivity index (χ1) is 11.1. The lowest BCUT2D eigenvalue weighted by molar-refractivity contribution is 0.620. The lowest BCUT2D eigenvalue weighted by atomic mass is 10.0. The smallest absolute Gasteiger partial charge is 0.123 e. The van der Waals surface area contributed by atoms with Crippen LogP contribution in [-0.4, -0.2) is 0 Å². The Morgan fingerprint density at radius 3 is 2.48 bits per heavy atom. The van der Waals surface area contributed by atoms with Gasteiger partial charge in [0.2, 0.25) is 0 Å². The maximum atomic E-state index is 13.2. The second-order valence-corrected chi connectivity index (χ2v) is 6.13. The van der Waals surface area contributed by atoms with Gasteiger partial charge in [0.25, 0.3) is 0 Å². The summed E-state index contributed by atoms with van der Waals surface area (Å²) in [5.41, 5.74) is 17.5. The van der Waals surface area contributed by atoms with Crippen LogP contribution in [0.25, 0.3) is 11.1 Å². The number of thiophene rings is 1. The Kier molecular flexibility index (Phi) is 8.19. The van der Waals surface area contributed by atoms with Crippen molar-refractivity contribution in [3.8, 4) is 11.1 Å². The molecule has 1 aromatic heterocycles. The van der Waals surface area contributed by atoms with Crippen molar-refractivity contribution in [2.75, 3.05) is 11.5 Å². The molecule has 0 saturated carbocycles. The van der Waals surface area contributed by atoms with Crippen LogP contribution in [0, 0.1) is 5.82 Å². The summed E-state index contributed by atoms with van der Waals surface area (Å²) < 4.78 is 13.2. The third-order valence-corrected chi connectivity index (χ3v) is 4.44. The highest BCUT2D eigenvalue weighted by Crippen LogP contribution is 2.33. The topological polar surface area (TPSA) is 64.1 Å². The largest absolute Gasteiger partial charge is 0.399 e. The summed E-state index contributed by atoms with van der Waals surface area (Å²) in [6, 6.07) is 12.1. The summed E-state index contributed by atoms with van der Waals surface area (Å²) in [6.45, 7) is 1.29. The molecule has 5 N–H and O–H groups in total. The van der Waals surface area contributed by atoms with Gasteiger partial charge in [0.05, 0.1) is 0 Å². The predicted octanol–water partition coefficient (Wildman–Crippen LogP) is 4.85. The number of hydrogen-bond acceptors (Lipinski definition) is 4. The van der Waals surface area contributed by atoms with E-state index in [-0.39, 0.29) is 30.6 Å². The van der Waals surface area contributed by atoms with Gasteiger partial charge in [0, 0.05) is 30.0 Å². The van der Waals surface area contributed by atoms with Gasteiger partial charge in [-0.05, 0) is 57.8 Å². The van der Waals surface area contributed by atoms with Gasteiger partial charge in [-0.2, -0.15) is 11.3 Å². The fraction of sp³-hybridized carbons (Fsp3) is 0.111. The van der Waals surface area contributed by atoms with Crippen LogP contribution in [0.5, 0.6) is 0 Å². The molecule has 0 spiro atoms. The fourth-order valence-electron chi connectivity index (χ4n) is 2.49. The third-order valence-electron chi connectivity index (χ3n) is 3.64. The molecule has 0 aliphatic carbocycles. The van der Waals surface area contributed by atoms with E-state index >= 15 is 0 Å². The molecule has 0 unspecified atom stereocenters. The Bertz CT molecular complexity index is 824. The first kappa shape index (κ1) is 21.3. The van der Waals surface area contributed by atoms with Crippen molar-refractivity contribution in [1.29, 1.82) is 0 Å². The molecule has 3 nitrogen and oxygen atoms in total. The lowest BCUT2D eigenvalue weighted by Gasteiger charge is -2.10. The van der Waals surface area contributed by atoms with Gasteiger partial charge < -0.3 is 16.8 Å². The molecule has 0 bridgehead atoms. The zero-order chi connectivity index (χ0) is 16.2. The Hall–Kier alpha value is -1.79. The first-order valence-corrected chi connectivity index (χ1v) is 8.23. The van der Waals surface area contributed by atoms with Crippen LogP contribution in [0.4, 0.5) is 15.8 Å². The summed E-state index contributed by atoms with van der Waals surface area (Å²) in [5, 5.41) is 7.51. The highest BCUT2D eigenvalue weighted by Gasteiger charge is 2.10. The van der Waals surface area contributed by atoms with Crippen molar-refractivity contribution >= 4 is 47.5 Å². The number of benzene rings is 2. The van der Waals surface area contributed by atoms with E-state index in [1.165, 1.54) is 12.1 Å². The maximum Gasteiger partial charge on any atom is 0.123 e. The van der Waals surface area contributed by atoms with E-state index < -0.39 is 0 Å². The molecule has 0 aliphatic rings. The third kappa shape index (κ3) is 5.34. The second-order valence-electron chi connectivity index (χ2n) is 5.39. The van der Waals surface area contributed by atoms with Crippen LogP contribution in [0.1, 0.15) is 11.1 Å². The summed E-state index contributed by atoms with van der Waals surface area (Å²) in [6.07, 6.45) is 0. The Balaban J connectivity index is 0.00000156. The highest BCUT2D eigenvalue weighted by molar-refractivity contribution is 7.08. The van der Waals surface area contributed by atoms with Gasteiger partial charge in [-0.3, -0.25) is 0 Å². The number of rotatable bonds is 5. The van der Waals surface area contributed by atoms with E-state index in [4.69, 9.17) is 11.5 Å². The number of nitrogens with one attached hydrogen (secondary N) is 1. The normalized spacial score (nSPS) is 9.96. The first-order valence-electron chi connectivity index (χ1n) is 7.29. The molecule has 25 heavy (non-hydrogen) atoms. The van der Waals surface area contributed by atoms with Crippen molar-refractivity contribution in [3.63, 3.8) is 0 Å². The summed E-state index contributed by atoms with van der Waals surface area (Å²) in [4.78, 5) is 0. The molecule has 7 heteroatoms. The van der Waals surface area contributed by atoms with Gasteiger partial charge in [0.1, 0.15) is 5.82 Å². The summed E-state index contributed by atoms with van der Waals surface area (Å²) in [5.74, 6) is -0.215. The maximum absolute atomic E-state index is 13.2. The van der Waals surface area contributed by atoms with Gasteiger partial charge >= 0.3 is 0 Å².